The van der Waals surface area contributed by atoms with Crippen molar-refractivity contribution in [1.29, 1.82) is 0 Å². The molecule has 1 N–H and O–H groups in total. The van der Waals surface area contributed by atoms with E-state index in [9.17, 15) is 5.11 Å². The van der Waals surface area contributed by atoms with E-state index in [2.05, 4.69) is 15.4 Å². The van der Waals surface area contributed by atoms with Gasteiger partial charge in [-0.25, -0.2) is 0 Å². The highest BCUT2D eigenvalue weighted by molar-refractivity contribution is 4.82. The number of rotatable bonds is 1. The van der Waals surface area contributed by atoms with E-state index in [1.807, 2.05) is 6.92 Å². The van der Waals surface area contributed by atoms with Gasteiger partial charge in [0.05, 0.1) is 0 Å². The summed E-state index contributed by atoms with van der Waals surface area (Å²) in [6.45, 7) is 2.01. The molecule has 5 heteroatoms. The third-order valence-electron chi connectivity index (χ3n) is 2.67. The third kappa shape index (κ3) is 0.929. The molecular formula is C7H12N4O. The van der Waals surface area contributed by atoms with Crippen LogP contribution in [0, 0.1) is 5.92 Å². The van der Waals surface area contributed by atoms with Crippen LogP contribution in [0.1, 0.15) is 26.2 Å². The van der Waals surface area contributed by atoms with Crippen LogP contribution >= 0.6 is 0 Å². The Balaban J connectivity index is 2.32. The number of tetrazole rings is 1. The van der Waals surface area contributed by atoms with Gasteiger partial charge < -0.3 is 5.11 Å². The van der Waals surface area contributed by atoms with Crippen LogP contribution in [-0.4, -0.2) is 25.3 Å². The maximum atomic E-state index is 10.1. The van der Waals surface area contributed by atoms with Crippen LogP contribution in [0.5, 0.6) is 0 Å². The first-order valence-corrected chi connectivity index (χ1v) is 4.19. The van der Waals surface area contributed by atoms with Gasteiger partial charge in [0.2, 0.25) is 0 Å². The van der Waals surface area contributed by atoms with E-state index < -0.39 is 5.72 Å². The van der Waals surface area contributed by atoms with Crippen LogP contribution in [0.25, 0.3) is 0 Å². The van der Waals surface area contributed by atoms with Gasteiger partial charge in [-0.1, -0.05) is 6.92 Å². The lowest BCUT2D eigenvalue weighted by Gasteiger charge is -2.25. The summed E-state index contributed by atoms with van der Waals surface area (Å²) in [7, 11) is 0. The first-order chi connectivity index (χ1) is 5.73. The zero-order valence-electron chi connectivity index (χ0n) is 7.01. The highest BCUT2D eigenvalue weighted by Crippen LogP contribution is 2.37. The molecule has 2 atom stereocenters. The minimum absolute atomic E-state index is 0.215. The summed E-state index contributed by atoms with van der Waals surface area (Å²) in [5, 5.41) is 21.3. The topological polar surface area (TPSA) is 63.8 Å². The smallest absolute Gasteiger partial charge is 0.181 e. The lowest BCUT2D eigenvalue weighted by atomic mass is 10.0. The van der Waals surface area contributed by atoms with Gasteiger partial charge in [0.25, 0.3) is 0 Å². The number of hydrogen-bond donors (Lipinski definition) is 1. The zero-order chi connectivity index (χ0) is 8.60. The van der Waals surface area contributed by atoms with Crippen LogP contribution in [0.4, 0.5) is 0 Å². The van der Waals surface area contributed by atoms with Gasteiger partial charge in [-0.3, -0.25) is 0 Å². The van der Waals surface area contributed by atoms with E-state index in [0.717, 1.165) is 19.3 Å². The Morgan fingerprint density at radius 3 is 3.00 bits per heavy atom. The molecule has 5 nitrogen and oxygen atoms in total. The number of aliphatic hydroxyl groups is 1. The average molecular weight is 168 g/mol. The van der Waals surface area contributed by atoms with E-state index in [4.69, 9.17) is 0 Å². The monoisotopic (exact) mass is 168 g/mol. The summed E-state index contributed by atoms with van der Waals surface area (Å²) < 4.78 is 0. The third-order valence-corrected chi connectivity index (χ3v) is 2.67. The van der Waals surface area contributed by atoms with Gasteiger partial charge in [0.1, 0.15) is 0 Å². The lowest BCUT2D eigenvalue weighted by molar-refractivity contribution is -0.0900. The second-order valence-electron chi connectivity index (χ2n) is 3.40. The van der Waals surface area contributed by atoms with Crippen molar-refractivity contribution in [2.24, 2.45) is 5.92 Å². The van der Waals surface area contributed by atoms with Crippen molar-refractivity contribution >= 4 is 0 Å². The van der Waals surface area contributed by atoms with Crippen molar-refractivity contribution in [3.8, 4) is 0 Å². The van der Waals surface area contributed by atoms with Gasteiger partial charge in [-0.15, -0.1) is 15.0 Å². The first kappa shape index (κ1) is 7.67. The molecule has 0 aromatic carbocycles. The minimum atomic E-state index is -0.892. The molecule has 1 aliphatic carbocycles. The molecule has 1 aromatic rings. The van der Waals surface area contributed by atoms with Crippen LogP contribution in [-0.2, 0) is 5.72 Å². The molecule has 2 unspecified atom stereocenters. The molecule has 0 bridgehead atoms. The summed E-state index contributed by atoms with van der Waals surface area (Å²) in [6, 6.07) is 0. The van der Waals surface area contributed by atoms with Crippen molar-refractivity contribution in [3.63, 3.8) is 0 Å². The number of hydrogen-bond acceptors (Lipinski definition) is 4. The fraction of sp³-hybridized carbons (Fsp3) is 0.857. The minimum Gasteiger partial charge on any atom is -0.367 e. The number of nitrogens with zero attached hydrogens (tertiary/aromatic N) is 4. The molecule has 0 amide bonds. The summed E-state index contributed by atoms with van der Waals surface area (Å²) >= 11 is 0. The molecule has 2 rings (SSSR count). The molecular weight excluding hydrogens is 156 g/mol. The van der Waals surface area contributed by atoms with E-state index in [0.29, 0.717) is 0 Å². The van der Waals surface area contributed by atoms with E-state index >= 15 is 0 Å². The summed E-state index contributed by atoms with van der Waals surface area (Å²) in [6.07, 6.45) is 4.13. The van der Waals surface area contributed by atoms with Crippen LogP contribution in [0.15, 0.2) is 6.33 Å². The second-order valence-corrected chi connectivity index (χ2v) is 3.40. The van der Waals surface area contributed by atoms with Gasteiger partial charge in [0, 0.05) is 5.92 Å². The molecule has 1 aromatic heterocycles. The lowest BCUT2D eigenvalue weighted by Crippen LogP contribution is -2.37. The molecule has 1 saturated carbocycles. The predicted molar refractivity (Wildman–Crippen MR) is 41.0 cm³/mol. The van der Waals surface area contributed by atoms with E-state index in [1.54, 1.807) is 0 Å². The molecule has 0 aliphatic heterocycles. The fourth-order valence-electron chi connectivity index (χ4n) is 1.79. The van der Waals surface area contributed by atoms with Gasteiger partial charge in [0.15, 0.2) is 12.1 Å². The molecule has 1 heterocycles. The molecule has 0 spiro atoms. The Hall–Kier alpha value is -0.970. The van der Waals surface area contributed by atoms with E-state index in [1.165, 1.54) is 11.1 Å². The van der Waals surface area contributed by atoms with Crippen molar-refractivity contribution < 1.29 is 5.11 Å². The van der Waals surface area contributed by atoms with Crippen LogP contribution < -0.4 is 0 Å². The molecule has 0 saturated heterocycles. The standard InChI is InChI=1S/C7H12N4O/c1-6-3-2-4-7(6,12)11-9-5-8-10-11/h5-6,12H,2-4H2,1H3. The number of aromatic nitrogens is 4. The van der Waals surface area contributed by atoms with Gasteiger partial charge >= 0.3 is 0 Å². The zero-order valence-corrected chi connectivity index (χ0v) is 7.01. The maximum absolute atomic E-state index is 10.1. The molecule has 1 fully saturated rings. The highest BCUT2D eigenvalue weighted by Gasteiger charge is 2.41. The summed E-state index contributed by atoms with van der Waals surface area (Å²) in [5.74, 6) is 0.215. The summed E-state index contributed by atoms with van der Waals surface area (Å²) in [4.78, 5) is 1.32. The predicted octanol–water partition coefficient (Wildman–Crippen LogP) is 0.138. The molecule has 66 valence electrons. The molecule has 1 aliphatic rings. The Labute approximate surface area is 70.4 Å². The van der Waals surface area contributed by atoms with Crippen LogP contribution in [0.2, 0.25) is 0 Å². The highest BCUT2D eigenvalue weighted by atomic mass is 16.3. The largest absolute Gasteiger partial charge is 0.367 e. The fourth-order valence-corrected chi connectivity index (χ4v) is 1.79. The summed E-state index contributed by atoms with van der Waals surface area (Å²) in [5.41, 5.74) is -0.892. The Morgan fingerprint density at radius 2 is 2.50 bits per heavy atom. The van der Waals surface area contributed by atoms with Gasteiger partial charge in [-0.05, 0) is 24.5 Å². The average Bonchev–Trinajstić information content (AvgIpc) is 2.62. The quantitative estimate of drug-likeness (QED) is 0.647. The Kier molecular flexibility index (Phi) is 1.61. The SMILES string of the molecule is CC1CCCC1(O)n1ncnn1. The molecule has 12 heavy (non-hydrogen) atoms. The maximum Gasteiger partial charge on any atom is 0.181 e. The van der Waals surface area contributed by atoms with Crippen LogP contribution in [0.3, 0.4) is 0 Å². The van der Waals surface area contributed by atoms with Crippen molar-refractivity contribution in [1.82, 2.24) is 20.2 Å². The second kappa shape index (κ2) is 2.52. The normalized spacial score (nSPS) is 35.7. The Morgan fingerprint density at radius 1 is 1.67 bits per heavy atom. The van der Waals surface area contributed by atoms with Crippen molar-refractivity contribution in [2.75, 3.05) is 0 Å². The van der Waals surface area contributed by atoms with Gasteiger partial charge in [-0.2, -0.15) is 0 Å². The Bertz CT molecular complexity index is 260. The van der Waals surface area contributed by atoms with Crippen molar-refractivity contribution in [3.05, 3.63) is 6.33 Å². The molecule has 0 radical (unpaired) electrons. The first-order valence-electron chi connectivity index (χ1n) is 4.19. The van der Waals surface area contributed by atoms with Crippen molar-refractivity contribution in [2.45, 2.75) is 31.9 Å². The van der Waals surface area contributed by atoms with E-state index in [-0.39, 0.29) is 5.92 Å².